The summed E-state index contributed by atoms with van der Waals surface area (Å²) in [5.41, 5.74) is 1.42. The van der Waals surface area contributed by atoms with Crippen LogP contribution in [0.1, 0.15) is 28.8 Å². The van der Waals surface area contributed by atoms with Crippen molar-refractivity contribution in [2.45, 2.75) is 25.9 Å². The number of aromatic nitrogens is 2. The first-order valence-corrected chi connectivity index (χ1v) is 11.7. The summed E-state index contributed by atoms with van der Waals surface area (Å²) in [5, 5.41) is 0.391. The van der Waals surface area contributed by atoms with Crippen molar-refractivity contribution >= 4 is 40.0 Å². The van der Waals surface area contributed by atoms with E-state index in [1.165, 1.54) is 9.13 Å². The Hall–Kier alpha value is -3.97. The van der Waals surface area contributed by atoms with Crippen LogP contribution in [0.5, 0.6) is 0 Å². The highest BCUT2D eigenvalue weighted by Crippen LogP contribution is 2.22. The molecule has 0 radical (unpaired) electrons. The average Bonchev–Trinajstić information content (AvgIpc) is 3.31. The summed E-state index contributed by atoms with van der Waals surface area (Å²) in [6.45, 7) is 0.575. The Balaban J connectivity index is 1.51. The Bertz CT molecular complexity index is 1560. The van der Waals surface area contributed by atoms with Crippen molar-refractivity contribution in [1.29, 1.82) is 0 Å². The molecule has 35 heavy (non-hydrogen) atoms. The summed E-state index contributed by atoms with van der Waals surface area (Å²) in [6, 6.07) is 21.0. The van der Waals surface area contributed by atoms with Gasteiger partial charge in [-0.2, -0.15) is 0 Å². The molecule has 7 nitrogen and oxygen atoms in total. The number of hydrogen-bond acceptors (Lipinski definition) is 4. The van der Waals surface area contributed by atoms with E-state index in [4.69, 9.17) is 11.6 Å². The Morgan fingerprint density at radius 3 is 2.23 bits per heavy atom. The van der Waals surface area contributed by atoms with Crippen LogP contribution in [0.4, 0.5) is 5.69 Å². The highest BCUT2D eigenvalue weighted by Gasteiger charge is 2.22. The average molecular weight is 488 g/mol. The van der Waals surface area contributed by atoms with Gasteiger partial charge in [-0.15, -0.1) is 0 Å². The van der Waals surface area contributed by atoms with Crippen molar-refractivity contribution in [3.8, 4) is 0 Å². The number of anilines is 1. The van der Waals surface area contributed by atoms with Gasteiger partial charge in [-0.25, -0.2) is 0 Å². The lowest BCUT2D eigenvalue weighted by molar-refractivity contribution is -0.117. The first-order valence-electron chi connectivity index (χ1n) is 11.3. The molecule has 1 amide bonds. The van der Waals surface area contributed by atoms with E-state index >= 15 is 0 Å². The molecule has 0 spiro atoms. The number of ketones is 1. The van der Waals surface area contributed by atoms with Crippen molar-refractivity contribution in [2.75, 3.05) is 11.4 Å². The maximum absolute atomic E-state index is 13.1. The maximum Gasteiger partial charge on any atom is 0.317 e. The predicted molar refractivity (Wildman–Crippen MR) is 135 cm³/mol. The van der Waals surface area contributed by atoms with Gasteiger partial charge in [0, 0.05) is 29.2 Å². The molecule has 3 aromatic carbocycles. The SMILES string of the molecule is O=C(Cn1c(=O)c(=O)n(Cc2ccccc2)c2ccc(Cl)cc21)c1ccc(N2CCCC2=O)cc1. The molecule has 4 aromatic rings. The fraction of sp³-hybridized carbons (Fsp3) is 0.185. The zero-order valence-corrected chi connectivity index (χ0v) is 19.6. The minimum atomic E-state index is -0.789. The van der Waals surface area contributed by atoms with Crippen LogP contribution in [0.2, 0.25) is 5.02 Å². The molecule has 0 saturated carbocycles. The molecule has 0 unspecified atom stereocenters. The molecule has 1 aliphatic heterocycles. The highest BCUT2D eigenvalue weighted by molar-refractivity contribution is 6.31. The van der Waals surface area contributed by atoms with E-state index < -0.39 is 11.1 Å². The van der Waals surface area contributed by atoms with Gasteiger partial charge in [-0.05, 0) is 54.4 Å². The monoisotopic (exact) mass is 487 g/mol. The van der Waals surface area contributed by atoms with Crippen LogP contribution in [0, 0.1) is 0 Å². The number of fused-ring (bicyclic) bond motifs is 1. The lowest BCUT2D eigenvalue weighted by Gasteiger charge is -2.17. The maximum atomic E-state index is 13.1. The van der Waals surface area contributed by atoms with E-state index in [-0.39, 0.29) is 24.8 Å². The number of Topliss-reactive ketones (excluding diaryl/α,β-unsaturated/α-hetero) is 1. The molecular formula is C27H22ClN3O4. The van der Waals surface area contributed by atoms with Crippen LogP contribution in [0.3, 0.4) is 0 Å². The van der Waals surface area contributed by atoms with Gasteiger partial charge < -0.3 is 4.90 Å². The van der Waals surface area contributed by atoms with Crippen LogP contribution in [-0.2, 0) is 17.9 Å². The van der Waals surface area contributed by atoms with Crippen LogP contribution in [0.25, 0.3) is 11.0 Å². The minimum absolute atomic E-state index is 0.0649. The van der Waals surface area contributed by atoms with E-state index in [2.05, 4.69) is 0 Å². The first kappa shape index (κ1) is 22.8. The number of amides is 1. The van der Waals surface area contributed by atoms with Crippen LogP contribution < -0.4 is 16.0 Å². The van der Waals surface area contributed by atoms with E-state index in [0.717, 1.165) is 17.7 Å². The van der Waals surface area contributed by atoms with E-state index in [9.17, 15) is 19.2 Å². The highest BCUT2D eigenvalue weighted by atomic mass is 35.5. The summed E-state index contributed by atoms with van der Waals surface area (Å²) < 4.78 is 2.59. The normalized spacial score (nSPS) is 13.5. The van der Waals surface area contributed by atoms with Crippen molar-refractivity contribution in [3.05, 3.63) is 110 Å². The van der Waals surface area contributed by atoms with Gasteiger partial charge in [0.2, 0.25) is 5.91 Å². The number of carbonyl (C=O) groups is 2. The number of hydrogen-bond donors (Lipinski definition) is 0. The third-order valence-electron chi connectivity index (χ3n) is 6.25. The zero-order chi connectivity index (χ0) is 24.5. The van der Waals surface area contributed by atoms with Crippen molar-refractivity contribution < 1.29 is 9.59 Å². The van der Waals surface area contributed by atoms with E-state index in [0.29, 0.717) is 34.6 Å². The van der Waals surface area contributed by atoms with Crippen LogP contribution in [0.15, 0.2) is 82.4 Å². The number of nitrogens with zero attached hydrogens (tertiary/aromatic N) is 3. The molecule has 5 rings (SSSR count). The van der Waals surface area contributed by atoms with Crippen LogP contribution >= 0.6 is 11.6 Å². The first-order chi connectivity index (χ1) is 16.9. The summed E-state index contributed by atoms with van der Waals surface area (Å²) in [5.74, 6) is -0.261. The molecule has 0 atom stereocenters. The van der Waals surface area contributed by atoms with Gasteiger partial charge in [0.1, 0.15) is 0 Å². The second-order valence-corrected chi connectivity index (χ2v) is 8.96. The van der Waals surface area contributed by atoms with Gasteiger partial charge in [-0.1, -0.05) is 41.9 Å². The zero-order valence-electron chi connectivity index (χ0n) is 18.8. The third kappa shape index (κ3) is 4.42. The lowest BCUT2D eigenvalue weighted by atomic mass is 10.1. The minimum Gasteiger partial charge on any atom is -0.312 e. The molecule has 0 aliphatic carbocycles. The Morgan fingerprint density at radius 1 is 0.829 bits per heavy atom. The second-order valence-electron chi connectivity index (χ2n) is 8.52. The Labute approximate surface area is 205 Å². The fourth-order valence-electron chi connectivity index (χ4n) is 4.45. The number of halogens is 1. The number of benzene rings is 3. The second kappa shape index (κ2) is 9.35. The predicted octanol–water partition coefficient (Wildman–Crippen LogP) is 3.87. The molecule has 1 aliphatic rings. The van der Waals surface area contributed by atoms with Gasteiger partial charge in [0.15, 0.2) is 5.78 Å². The molecule has 1 fully saturated rings. The van der Waals surface area contributed by atoms with Crippen molar-refractivity contribution in [3.63, 3.8) is 0 Å². The van der Waals surface area contributed by atoms with E-state index in [1.807, 2.05) is 30.3 Å². The molecule has 0 bridgehead atoms. The largest absolute Gasteiger partial charge is 0.317 e. The van der Waals surface area contributed by atoms with Gasteiger partial charge in [-0.3, -0.25) is 28.3 Å². The molecule has 1 saturated heterocycles. The molecule has 1 aromatic heterocycles. The standard InChI is InChI=1S/C27H22ClN3O4/c28-20-10-13-22-23(15-20)31(27(35)26(34)30(22)16-18-5-2-1-3-6-18)17-24(32)19-8-11-21(12-9-19)29-14-4-7-25(29)33/h1-3,5-6,8-13,15H,4,7,14,16-17H2. The Kier molecular flexibility index (Phi) is 6.09. The summed E-state index contributed by atoms with van der Waals surface area (Å²) in [7, 11) is 0. The van der Waals surface area contributed by atoms with Gasteiger partial charge >= 0.3 is 11.1 Å². The van der Waals surface area contributed by atoms with Crippen molar-refractivity contribution in [2.24, 2.45) is 0 Å². The van der Waals surface area contributed by atoms with E-state index in [1.54, 1.807) is 47.4 Å². The smallest absolute Gasteiger partial charge is 0.312 e. The Morgan fingerprint density at radius 2 is 1.54 bits per heavy atom. The summed E-state index contributed by atoms with van der Waals surface area (Å²) >= 11 is 6.22. The third-order valence-corrected chi connectivity index (χ3v) is 6.49. The number of rotatable bonds is 6. The molecule has 8 heteroatoms. The van der Waals surface area contributed by atoms with Gasteiger partial charge in [0.25, 0.3) is 0 Å². The van der Waals surface area contributed by atoms with Gasteiger partial charge in [0.05, 0.1) is 24.1 Å². The summed E-state index contributed by atoms with van der Waals surface area (Å²) in [4.78, 5) is 53.0. The number of carbonyl (C=O) groups excluding carboxylic acids is 2. The molecular weight excluding hydrogens is 466 g/mol. The van der Waals surface area contributed by atoms with Crippen molar-refractivity contribution in [1.82, 2.24) is 9.13 Å². The molecule has 0 N–H and O–H groups in total. The van der Waals surface area contributed by atoms with Crippen LogP contribution in [-0.4, -0.2) is 27.4 Å². The lowest BCUT2D eigenvalue weighted by Crippen LogP contribution is -2.42. The quantitative estimate of drug-likeness (QED) is 0.305. The summed E-state index contributed by atoms with van der Waals surface area (Å²) in [6.07, 6.45) is 1.34. The molecule has 2 heterocycles. The topological polar surface area (TPSA) is 81.4 Å². The fourth-order valence-corrected chi connectivity index (χ4v) is 4.62. The molecule has 176 valence electrons.